The van der Waals surface area contributed by atoms with Gasteiger partial charge in [0, 0.05) is 17.7 Å². The lowest BCUT2D eigenvalue weighted by Gasteiger charge is -2.28. The predicted molar refractivity (Wildman–Crippen MR) is 116 cm³/mol. The monoisotopic (exact) mass is 419 g/mol. The molecule has 0 aromatic heterocycles. The first-order valence-corrected chi connectivity index (χ1v) is 11.0. The molecule has 0 atom stereocenters. The van der Waals surface area contributed by atoms with E-state index in [1.165, 1.54) is 18.2 Å². The fraction of sp³-hybridized carbons (Fsp3) is 0.391. The van der Waals surface area contributed by atoms with Gasteiger partial charge in [-0.2, -0.15) is 0 Å². The van der Waals surface area contributed by atoms with Gasteiger partial charge in [0.1, 0.15) is 11.6 Å². The zero-order valence-electron chi connectivity index (χ0n) is 17.9. The molecule has 0 bridgehead atoms. The van der Waals surface area contributed by atoms with Crippen molar-refractivity contribution in [2.24, 2.45) is 5.73 Å². The summed E-state index contributed by atoms with van der Waals surface area (Å²) in [6.07, 6.45) is 1.53. The minimum atomic E-state index is -3.87. The summed E-state index contributed by atoms with van der Waals surface area (Å²) in [6.45, 7) is 11.7. The standard InChI is InChI=1S/C23H30FNO3S/c1-22(2,3)19-12-15(13-20(21(19)26)23(4,5)6)11-18(14-25)29(27,28)17-9-7-16(24)8-10-17/h7-13,26H,14,25H2,1-6H3/b18-11+. The molecule has 0 aliphatic rings. The number of phenolic OH excluding ortho intramolecular Hbond substituents is 1. The molecule has 6 heteroatoms. The first-order valence-electron chi connectivity index (χ1n) is 9.47. The smallest absolute Gasteiger partial charge is 0.204 e. The van der Waals surface area contributed by atoms with E-state index in [4.69, 9.17) is 5.73 Å². The molecule has 0 fully saturated rings. The molecule has 158 valence electrons. The lowest BCUT2D eigenvalue weighted by atomic mass is 9.78. The predicted octanol–water partition coefficient (Wildman–Crippen LogP) is 4.90. The minimum Gasteiger partial charge on any atom is -0.507 e. The molecule has 0 unspecified atom stereocenters. The molecule has 0 saturated carbocycles. The van der Waals surface area contributed by atoms with Crippen LogP contribution >= 0.6 is 0 Å². The fourth-order valence-electron chi connectivity index (χ4n) is 3.08. The van der Waals surface area contributed by atoms with Crippen LogP contribution in [0, 0.1) is 5.82 Å². The number of phenols is 1. The van der Waals surface area contributed by atoms with Crippen LogP contribution in [0.25, 0.3) is 6.08 Å². The summed E-state index contributed by atoms with van der Waals surface area (Å²) in [5.41, 5.74) is 7.20. The van der Waals surface area contributed by atoms with Crippen LogP contribution in [0.4, 0.5) is 4.39 Å². The molecule has 2 aromatic carbocycles. The van der Waals surface area contributed by atoms with Gasteiger partial charge in [-0.1, -0.05) is 41.5 Å². The third kappa shape index (κ3) is 5.06. The highest BCUT2D eigenvalue weighted by atomic mass is 32.2. The number of hydrogen-bond donors (Lipinski definition) is 2. The molecule has 29 heavy (non-hydrogen) atoms. The summed E-state index contributed by atoms with van der Waals surface area (Å²) in [6, 6.07) is 8.26. The lowest BCUT2D eigenvalue weighted by molar-refractivity contribution is 0.423. The molecule has 0 saturated heterocycles. The molecule has 2 rings (SSSR count). The molecule has 0 spiro atoms. The van der Waals surface area contributed by atoms with E-state index in [0.29, 0.717) is 5.56 Å². The highest BCUT2D eigenvalue weighted by molar-refractivity contribution is 7.95. The van der Waals surface area contributed by atoms with Gasteiger partial charge in [-0.25, -0.2) is 12.8 Å². The molecule has 2 aromatic rings. The molecule has 3 N–H and O–H groups in total. The molecule has 0 aliphatic heterocycles. The lowest BCUT2D eigenvalue weighted by Crippen LogP contribution is -2.18. The normalized spacial score (nSPS) is 13.6. The van der Waals surface area contributed by atoms with Gasteiger partial charge >= 0.3 is 0 Å². The quantitative estimate of drug-likeness (QED) is 0.691. The van der Waals surface area contributed by atoms with Gasteiger partial charge in [-0.3, -0.25) is 0 Å². The summed E-state index contributed by atoms with van der Waals surface area (Å²) in [4.78, 5) is 0.0102. The van der Waals surface area contributed by atoms with Crippen LogP contribution < -0.4 is 5.73 Å². The molecule has 0 radical (unpaired) electrons. The zero-order valence-corrected chi connectivity index (χ0v) is 18.7. The Morgan fingerprint density at radius 3 is 1.83 bits per heavy atom. The maximum Gasteiger partial charge on any atom is 0.204 e. The third-order valence-electron chi connectivity index (χ3n) is 4.75. The first kappa shape index (κ1) is 23.1. The maximum absolute atomic E-state index is 13.2. The van der Waals surface area contributed by atoms with Gasteiger partial charge in [-0.15, -0.1) is 0 Å². The minimum absolute atomic E-state index is 0.0125. The molecular formula is C23H30FNO3S. The van der Waals surface area contributed by atoms with Crippen molar-refractivity contribution in [2.45, 2.75) is 57.3 Å². The second-order valence-corrected chi connectivity index (χ2v) is 11.2. The second kappa shape index (κ2) is 7.92. The van der Waals surface area contributed by atoms with Crippen molar-refractivity contribution in [3.8, 4) is 5.75 Å². The number of benzene rings is 2. The van der Waals surface area contributed by atoms with Gasteiger partial charge < -0.3 is 10.8 Å². The van der Waals surface area contributed by atoms with Gasteiger partial charge in [0.25, 0.3) is 0 Å². The van der Waals surface area contributed by atoms with Crippen molar-refractivity contribution in [1.29, 1.82) is 0 Å². The van der Waals surface area contributed by atoms with Crippen molar-refractivity contribution in [1.82, 2.24) is 0 Å². The Hall–Kier alpha value is -2.18. The van der Waals surface area contributed by atoms with Crippen molar-refractivity contribution in [3.05, 3.63) is 63.8 Å². The van der Waals surface area contributed by atoms with E-state index < -0.39 is 15.7 Å². The highest BCUT2D eigenvalue weighted by Gasteiger charge is 2.27. The Morgan fingerprint density at radius 1 is 1.00 bits per heavy atom. The number of hydrogen-bond acceptors (Lipinski definition) is 4. The Labute approximate surface area is 173 Å². The van der Waals surface area contributed by atoms with Crippen LogP contribution in [0.2, 0.25) is 0 Å². The second-order valence-electron chi connectivity index (χ2n) is 9.24. The van der Waals surface area contributed by atoms with E-state index in [9.17, 15) is 17.9 Å². The van der Waals surface area contributed by atoms with Gasteiger partial charge in [-0.05, 0) is 58.9 Å². The van der Waals surface area contributed by atoms with Crippen LogP contribution in [-0.4, -0.2) is 20.1 Å². The van der Waals surface area contributed by atoms with Crippen LogP contribution in [0.15, 0.2) is 46.2 Å². The van der Waals surface area contributed by atoms with E-state index in [1.54, 1.807) is 12.1 Å². The van der Waals surface area contributed by atoms with Crippen molar-refractivity contribution in [3.63, 3.8) is 0 Å². The van der Waals surface area contributed by atoms with E-state index in [2.05, 4.69) is 0 Å². The fourth-order valence-corrected chi connectivity index (χ4v) is 4.39. The number of aromatic hydroxyl groups is 1. The van der Waals surface area contributed by atoms with Gasteiger partial charge in [0.2, 0.25) is 9.84 Å². The summed E-state index contributed by atoms with van der Waals surface area (Å²) in [7, 11) is -3.87. The summed E-state index contributed by atoms with van der Waals surface area (Å²) < 4.78 is 39.2. The SMILES string of the molecule is CC(C)(C)c1cc(/C=C(\CN)S(=O)(=O)c2ccc(F)cc2)cc(C(C)(C)C)c1O. The number of halogens is 1. The Balaban J connectivity index is 2.71. The van der Waals surface area contributed by atoms with Crippen LogP contribution in [-0.2, 0) is 20.7 Å². The zero-order chi connectivity index (χ0) is 22.2. The Bertz CT molecular complexity index is 990. The van der Waals surface area contributed by atoms with E-state index in [-0.39, 0.29) is 32.9 Å². The van der Waals surface area contributed by atoms with Crippen LogP contribution in [0.1, 0.15) is 58.2 Å². The average molecular weight is 420 g/mol. The van der Waals surface area contributed by atoms with Crippen LogP contribution in [0.5, 0.6) is 5.75 Å². The van der Waals surface area contributed by atoms with Crippen molar-refractivity contribution >= 4 is 15.9 Å². The summed E-state index contributed by atoms with van der Waals surface area (Å²) >= 11 is 0. The highest BCUT2D eigenvalue weighted by Crippen LogP contribution is 2.40. The summed E-state index contributed by atoms with van der Waals surface area (Å²) in [5, 5.41) is 10.8. The summed E-state index contributed by atoms with van der Waals surface area (Å²) in [5.74, 6) is -0.289. The van der Waals surface area contributed by atoms with E-state index >= 15 is 0 Å². The van der Waals surface area contributed by atoms with Gasteiger partial charge in [0.15, 0.2) is 0 Å². The van der Waals surface area contributed by atoms with Crippen LogP contribution in [0.3, 0.4) is 0 Å². The van der Waals surface area contributed by atoms with Gasteiger partial charge in [0.05, 0.1) is 9.80 Å². The molecule has 4 nitrogen and oxygen atoms in total. The number of rotatable bonds is 4. The van der Waals surface area contributed by atoms with E-state index in [0.717, 1.165) is 23.3 Å². The Morgan fingerprint density at radius 2 is 1.45 bits per heavy atom. The largest absolute Gasteiger partial charge is 0.507 e. The first-order chi connectivity index (χ1) is 13.2. The number of nitrogens with two attached hydrogens (primary N) is 1. The molecule has 0 heterocycles. The number of sulfone groups is 1. The van der Waals surface area contributed by atoms with Crippen molar-refractivity contribution in [2.75, 3.05) is 6.54 Å². The van der Waals surface area contributed by atoms with Crippen molar-refractivity contribution < 1.29 is 17.9 Å². The molecule has 0 aliphatic carbocycles. The maximum atomic E-state index is 13.2. The average Bonchev–Trinajstić information content (AvgIpc) is 2.58. The third-order valence-corrected chi connectivity index (χ3v) is 6.61. The molecular weight excluding hydrogens is 389 g/mol. The Kier molecular flexibility index (Phi) is 6.31. The molecule has 0 amide bonds. The van der Waals surface area contributed by atoms with E-state index in [1.807, 2.05) is 41.5 Å². The topological polar surface area (TPSA) is 80.4 Å².